The Kier molecular flexibility index (Phi) is 8.07. The molecule has 0 aromatic rings. The molecule has 1 atom stereocenters. The first-order chi connectivity index (χ1) is 5.72. The van der Waals surface area contributed by atoms with Crippen LogP contribution in [-0.2, 0) is 0 Å². The highest BCUT2D eigenvalue weighted by Gasteiger charge is 2.09. The zero-order valence-electron chi connectivity index (χ0n) is 8.34. The molecule has 1 unspecified atom stereocenters. The van der Waals surface area contributed by atoms with Crippen molar-refractivity contribution in [3.63, 3.8) is 0 Å². The molecule has 0 saturated carbocycles. The summed E-state index contributed by atoms with van der Waals surface area (Å²) in [4.78, 5) is 0. The number of hydrogen-bond donors (Lipinski definition) is 2. The van der Waals surface area contributed by atoms with E-state index in [0.29, 0.717) is 18.6 Å². The van der Waals surface area contributed by atoms with Gasteiger partial charge < -0.3 is 10.4 Å². The Morgan fingerprint density at radius 2 is 2.08 bits per heavy atom. The van der Waals surface area contributed by atoms with Gasteiger partial charge in [-0.2, -0.15) is 11.8 Å². The van der Waals surface area contributed by atoms with Crippen LogP contribution in [0.1, 0.15) is 20.3 Å². The number of thioether (sulfide) groups is 1. The lowest BCUT2D eigenvalue weighted by molar-refractivity contribution is 0.296. The van der Waals surface area contributed by atoms with Gasteiger partial charge in [-0.1, -0.05) is 13.8 Å². The Hall–Kier alpha value is 0.270. The van der Waals surface area contributed by atoms with Gasteiger partial charge in [-0.25, -0.2) is 0 Å². The van der Waals surface area contributed by atoms with Crippen molar-refractivity contribution >= 4 is 11.8 Å². The Balaban J connectivity index is 3.32. The SMILES string of the molecule is CNC(CSCCCO)C(C)C. The maximum atomic E-state index is 8.57. The molecular formula is C9H21NOS. The second-order valence-corrected chi connectivity index (χ2v) is 4.44. The van der Waals surface area contributed by atoms with Crippen LogP contribution in [0.4, 0.5) is 0 Å². The molecule has 0 aliphatic heterocycles. The molecule has 0 aromatic heterocycles. The first kappa shape index (κ1) is 12.3. The highest BCUT2D eigenvalue weighted by atomic mass is 32.2. The number of aliphatic hydroxyl groups is 1. The molecule has 0 fully saturated rings. The van der Waals surface area contributed by atoms with E-state index in [1.807, 2.05) is 18.8 Å². The Labute approximate surface area is 80.1 Å². The van der Waals surface area contributed by atoms with Gasteiger partial charge in [-0.3, -0.25) is 0 Å². The van der Waals surface area contributed by atoms with Crippen LogP contribution in [0.3, 0.4) is 0 Å². The lowest BCUT2D eigenvalue weighted by atomic mass is 10.1. The van der Waals surface area contributed by atoms with E-state index >= 15 is 0 Å². The van der Waals surface area contributed by atoms with Crippen LogP contribution < -0.4 is 5.32 Å². The first-order valence-corrected chi connectivity index (χ1v) is 5.73. The summed E-state index contributed by atoms with van der Waals surface area (Å²) in [6.07, 6.45) is 0.916. The topological polar surface area (TPSA) is 32.3 Å². The van der Waals surface area contributed by atoms with Crippen molar-refractivity contribution < 1.29 is 5.11 Å². The van der Waals surface area contributed by atoms with Crippen molar-refractivity contribution in [1.82, 2.24) is 5.32 Å². The van der Waals surface area contributed by atoms with Gasteiger partial charge in [-0.15, -0.1) is 0 Å². The summed E-state index contributed by atoms with van der Waals surface area (Å²) in [5, 5.41) is 11.9. The van der Waals surface area contributed by atoms with Gasteiger partial charge in [0.1, 0.15) is 0 Å². The van der Waals surface area contributed by atoms with E-state index in [4.69, 9.17) is 5.11 Å². The van der Waals surface area contributed by atoms with E-state index in [1.165, 1.54) is 0 Å². The minimum atomic E-state index is 0.318. The zero-order chi connectivity index (χ0) is 9.40. The van der Waals surface area contributed by atoms with Gasteiger partial charge >= 0.3 is 0 Å². The molecule has 0 aliphatic carbocycles. The Morgan fingerprint density at radius 3 is 2.50 bits per heavy atom. The molecule has 74 valence electrons. The van der Waals surface area contributed by atoms with E-state index < -0.39 is 0 Å². The fourth-order valence-corrected chi connectivity index (χ4v) is 2.29. The fraction of sp³-hybridized carbons (Fsp3) is 1.00. The highest BCUT2D eigenvalue weighted by molar-refractivity contribution is 7.99. The summed E-state index contributed by atoms with van der Waals surface area (Å²) in [6.45, 7) is 4.78. The maximum absolute atomic E-state index is 8.57. The Morgan fingerprint density at radius 1 is 1.42 bits per heavy atom. The summed E-state index contributed by atoms with van der Waals surface area (Å²) in [6, 6.07) is 0.605. The van der Waals surface area contributed by atoms with Crippen LogP contribution in [-0.4, -0.2) is 36.3 Å². The van der Waals surface area contributed by atoms with E-state index in [0.717, 1.165) is 17.9 Å². The molecule has 12 heavy (non-hydrogen) atoms. The van der Waals surface area contributed by atoms with Crippen LogP contribution in [0.25, 0.3) is 0 Å². The zero-order valence-corrected chi connectivity index (χ0v) is 9.16. The standard InChI is InChI=1S/C9H21NOS/c1-8(2)9(10-3)7-12-6-4-5-11/h8-11H,4-7H2,1-3H3. The quantitative estimate of drug-likeness (QED) is 0.596. The van der Waals surface area contributed by atoms with Crippen molar-refractivity contribution in [3.05, 3.63) is 0 Å². The normalized spacial score (nSPS) is 13.8. The van der Waals surface area contributed by atoms with Crippen LogP contribution >= 0.6 is 11.8 Å². The molecule has 0 bridgehead atoms. The van der Waals surface area contributed by atoms with Crippen molar-refractivity contribution in [2.75, 3.05) is 25.2 Å². The van der Waals surface area contributed by atoms with Crippen LogP contribution in [0, 0.1) is 5.92 Å². The third-order valence-electron chi connectivity index (χ3n) is 1.92. The van der Waals surface area contributed by atoms with Gasteiger partial charge in [-0.05, 0) is 25.1 Å². The average molecular weight is 191 g/mol. The maximum Gasteiger partial charge on any atom is 0.0438 e. The number of hydrogen-bond acceptors (Lipinski definition) is 3. The van der Waals surface area contributed by atoms with Crippen molar-refractivity contribution in [2.45, 2.75) is 26.3 Å². The second-order valence-electron chi connectivity index (χ2n) is 3.29. The van der Waals surface area contributed by atoms with E-state index in [-0.39, 0.29) is 0 Å². The van der Waals surface area contributed by atoms with Gasteiger partial charge in [0.25, 0.3) is 0 Å². The third kappa shape index (κ3) is 5.86. The van der Waals surface area contributed by atoms with Gasteiger partial charge in [0.05, 0.1) is 0 Å². The largest absolute Gasteiger partial charge is 0.396 e. The first-order valence-electron chi connectivity index (χ1n) is 4.58. The minimum Gasteiger partial charge on any atom is -0.396 e. The second kappa shape index (κ2) is 7.90. The van der Waals surface area contributed by atoms with Gasteiger partial charge in [0, 0.05) is 18.4 Å². The molecular weight excluding hydrogens is 170 g/mol. The summed E-state index contributed by atoms with van der Waals surface area (Å²) in [5.41, 5.74) is 0. The van der Waals surface area contributed by atoms with E-state index in [2.05, 4.69) is 19.2 Å². The third-order valence-corrected chi connectivity index (χ3v) is 3.09. The summed E-state index contributed by atoms with van der Waals surface area (Å²) < 4.78 is 0. The lowest BCUT2D eigenvalue weighted by Gasteiger charge is -2.19. The van der Waals surface area contributed by atoms with Gasteiger partial charge in [0.2, 0.25) is 0 Å². The molecule has 0 rings (SSSR count). The van der Waals surface area contributed by atoms with Gasteiger partial charge in [0.15, 0.2) is 0 Å². The molecule has 0 amide bonds. The molecule has 0 radical (unpaired) electrons. The number of rotatable bonds is 7. The van der Waals surface area contributed by atoms with Crippen molar-refractivity contribution in [2.24, 2.45) is 5.92 Å². The summed E-state index contributed by atoms with van der Waals surface area (Å²) >= 11 is 1.92. The number of aliphatic hydroxyl groups excluding tert-OH is 1. The summed E-state index contributed by atoms with van der Waals surface area (Å²) in [7, 11) is 2.01. The monoisotopic (exact) mass is 191 g/mol. The highest BCUT2D eigenvalue weighted by Crippen LogP contribution is 2.10. The van der Waals surface area contributed by atoms with Crippen molar-refractivity contribution in [3.8, 4) is 0 Å². The fourth-order valence-electron chi connectivity index (χ4n) is 0.986. The van der Waals surface area contributed by atoms with E-state index in [1.54, 1.807) is 0 Å². The lowest BCUT2D eigenvalue weighted by Crippen LogP contribution is -2.33. The molecule has 0 aliphatic rings. The van der Waals surface area contributed by atoms with E-state index in [9.17, 15) is 0 Å². The summed E-state index contributed by atoms with van der Waals surface area (Å²) in [5.74, 6) is 2.91. The molecule has 0 saturated heterocycles. The average Bonchev–Trinajstić information content (AvgIpc) is 2.04. The number of nitrogens with one attached hydrogen (secondary N) is 1. The van der Waals surface area contributed by atoms with Crippen molar-refractivity contribution in [1.29, 1.82) is 0 Å². The molecule has 0 spiro atoms. The van der Waals surface area contributed by atoms with Crippen LogP contribution in [0.5, 0.6) is 0 Å². The van der Waals surface area contributed by atoms with Crippen LogP contribution in [0.15, 0.2) is 0 Å². The predicted octanol–water partition coefficient (Wildman–Crippen LogP) is 1.35. The molecule has 2 N–H and O–H groups in total. The molecule has 0 heterocycles. The minimum absolute atomic E-state index is 0.318. The smallest absolute Gasteiger partial charge is 0.0438 e. The molecule has 3 heteroatoms. The molecule has 0 aromatic carbocycles. The Bertz CT molecular complexity index is 98.5. The molecule has 2 nitrogen and oxygen atoms in total. The van der Waals surface area contributed by atoms with Crippen LogP contribution in [0.2, 0.25) is 0 Å². The predicted molar refractivity (Wildman–Crippen MR) is 56.7 cm³/mol.